The van der Waals surface area contributed by atoms with Gasteiger partial charge in [0, 0.05) is 11.9 Å². The maximum absolute atomic E-state index is 10.6. The van der Waals surface area contributed by atoms with E-state index in [2.05, 4.69) is 37.2 Å². The Labute approximate surface area is 306 Å². The fraction of sp³-hybridized carbons (Fsp3) is 0.897. The van der Waals surface area contributed by atoms with Gasteiger partial charge in [-0.1, -0.05) is 117 Å². The summed E-state index contributed by atoms with van der Waals surface area (Å²) in [5.41, 5.74) is 0. The van der Waals surface area contributed by atoms with Crippen LogP contribution in [0.4, 0.5) is 0 Å². The minimum Gasteiger partial charge on any atom is -0.466 e. The maximum atomic E-state index is 10.6. The first-order valence-electron chi connectivity index (χ1n) is 19.6. The van der Waals surface area contributed by atoms with Crippen molar-refractivity contribution in [1.29, 1.82) is 0 Å². The van der Waals surface area contributed by atoms with Crippen LogP contribution in [0.25, 0.3) is 0 Å². The molecular weight excluding hydrogens is 715 g/mol. The molecule has 0 aromatic heterocycles. The molecule has 0 rings (SSSR count). The summed E-state index contributed by atoms with van der Waals surface area (Å²) in [6.07, 6.45) is 27.9. The third-order valence-corrected chi connectivity index (χ3v) is 11.3. The van der Waals surface area contributed by atoms with Crippen molar-refractivity contribution in [3.63, 3.8) is 0 Å². The molecule has 0 saturated carbocycles. The molecular formula is C39H76O8Sn. The third-order valence-electron chi connectivity index (χ3n) is 7.28. The number of ether oxygens (including phenoxy) is 2. The van der Waals surface area contributed by atoms with Gasteiger partial charge >= 0.3 is 81.5 Å². The van der Waals surface area contributed by atoms with Gasteiger partial charge in [-0.25, -0.2) is 0 Å². The van der Waals surface area contributed by atoms with Gasteiger partial charge in [0.05, 0.1) is 13.2 Å². The number of esters is 2. The van der Waals surface area contributed by atoms with Gasteiger partial charge in [0.25, 0.3) is 0 Å². The van der Waals surface area contributed by atoms with Crippen LogP contribution < -0.4 is 10.2 Å². The number of carboxylic acids is 2. The Kier molecular flexibility index (Phi) is 55.8. The van der Waals surface area contributed by atoms with E-state index in [0.717, 1.165) is 25.7 Å². The van der Waals surface area contributed by atoms with Gasteiger partial charge in [0.15, 0.2) is 0 Å². The summed E-state index contributed by atoms with van der Waals surface area (Å²) in [6.45, 7) is 13.0. The molecule has 0 spiro atoms. The van der Waals surface area contributed by atoms with Crippen LogP contribution in [-0.2, 0) is 28.7 Å². The summed E-state index contributed by atoms with van der Waals surface area (Å²) in [6, 6.07) is 0. The summed E-state index contributed by atoms with van der Waals surface area (Å²) < 4.78 is 12.3. The van der Waals surface area contributed by atoms with Crippen molar-refractivity contribution < 1.29 is 38.9 Å². The Balaban J connectivity index is -0.000000273. The fourth-order valence-electron chi connectivity index (χ4n) is 4.43. The second kappa shape index (κ2) is 50.1. The van der Waals surface area contributed by atoms with Crippen LogP contribution in [0.2, 0.25) is 8.87 Å². The minimum atomic E-state index is -0.909. The van der Waals surface area contributed by atoms with Crippen molar-refractivity contribution in [1.82, 2.24) is 0 Å². The summed E-state index contributed by atoms with van der Waals surface area (Å²) in [4.78, 5) is 41.4. The van der Waals surface area contributed by atoms with Gasteiger partial charge in [-0.05, 0) is 39.5 Å². The number of carbonyl (C=O) groups excluding carboxylic acids is 4. The molecule has 48 heavy (non-hydrogen) atoms. The summed E-state index contributed by atoms with van der Waals surface area (Å²) in [5.74, 6) is -2.89. The van der Waals surface area contributed by atoms with Crippen LogP contribution in [0, 0.1) is 0 Å². The molecule has 0 N–H and O–H groups in total. The van der Waals surface area contributed by atoms with E-state index in [1.54, 1.807) is 22.7 Å². The summed E-state index contributed by atoms with van der Waals surface area (Å²) in [7, 11) is 0. The van der Waals surface area contributed by atoms with Crippen LogP contribution in [0.3, 0.4) is 0 Å². The van der Waals surface area contributed by atoms with Gasteiger partial charge in [-0.15, -0.1) is 0 Å². The van der Waals surface area contributed by atoms with Crippen molar-refractivity contribution in [2.24, 2.45) is 0 Å². The number of rotatable bonds is 30. The zero-order valence-electron chi connectivity index (χ0n) is 32.3. The van der Waals surface area contributed by atoms with Gasteiger partial charge in [-0.3, -0.25) is 9.59 Å². The first-order valence-corrected chi connectivity index (χ1v) is 23.6. The quantitative estimate of drug-likeness (QED) is 0.0305. The van der Waals surface area contributed by atoms with E-state index in [9.17, 15) is 29.4 Å². The molecule has 0 aliphatic rings. The number of carbonyl (C=O) groups is 4. The Morgan fingerprint density at radius 1 is 0.417 bits per heavy atom. The maximum Gasteiger partial charge on any atom is 0.317 e. The molecule has 0 radical (unpaired) electrons. The zero-order valence-corrected chi connectivity index (χ0v) is 35.1. The first kappa shape index (κ1) is 53.5. The van der Waals surface area contributed by atoms with Crippen LogP contribution in [0.15, 0.2) is 0 Å². The van der Waals surface area contributed by atoms with Gasteiger partial charge < -0.3 is 29.3 Å². The Morgan fingerprint density at radius 2 is 0.688 bits per heavy atom. The number of hydrogen-bond donors (Lipinski definition) is 0. The smallest absolute Gasteiger partial charge is 0.317 e. The Bertz CT molecular complexity index is 618. The molecule has 284 valence electrons. The van der Waals surface area contributed by atoms with Crippen molar-refractivity contribution in [3.05, 3.63) is 0 Å². The molecule has 0 heterocycles. The molecule has 0 saturated heterocycles. The SMILES string of the molecule is CCCCCCCCCCCC(=O)[O-].CCCCCCCCCCCC(=O)[O-].CCC[CH2][Sn+2][CH2]CCC.CCOC(=O)CC(=O)OCC. The van der Waals surface area contributed by atoms with Crippen LogP contribution in [0.1, 0.15) is 202 Å². The zero-order chi connectivity index (χ0) is 36.9. The average molecular weight is 792 g/mol. The normalized spacial score (nSPS) is 9.79. The second-order valence-electron chi connectivity index (χ2n) is 12.1. The molecule has 0 atom stereocenters. The van der Waals surface area contributed by atoms with Crippen molar-refractivity contribution in [3.8, 4) is 0 Å². The minimum absolute atomic E-state index is 0.149. The number of unbranched alkanes of at least 4 members (excludes halogenated alkanes) is 18. The monoisotopic (exact) mass is 792 g/mol. The number of hydrogen-bond acceptors (Lipinski definition) is 8. The van der Waals surface area contributed by atoms with E-state index in [1.807, 2.05) is 0 Å². The molecule has 8 nitrogen and oxygen atoms in total. The molecule has 0 aromatic carbocycles. The van der Waals surface area contributed by atoms with Crippen molar-refractivity contribution >= 4 is 45.0 Å². The van der Waals surface area contributed by atoms with Gasteiger partial charge in [0.2, 0.25) is 0 Å². The number of aliphatic carboxylic acids is 2. The largest absolute Gasteiger partial charge is 0.466 e. The number of carboxylic acid groups (broad SMARTS) is 2. The average Bonchev–Trinajstić information content (AvgIpc) is 3.04. The molecule has 0 aromatic rings. The molecule has 9 heteroatoms. The topological polar surface area (TPSA) is 133 Å². The Hall–Kier alpha value is -1.32. The summed E-state index contributed by atoms with van der Waals surface area (Å²) >= 11 is 0.149. The van der Waals surface area contributed by atoms with E-state index in [-0.39, 0.29) is 53.6 Å². The van der Waals surface area contributed by atoms with Crippen molar-refractivity contribution in [2.75, 3.05) is 13.2 Å². The fourth-order valence-corrected chi connectivity index (χ4v) is 8.59. The van der Waals surface area contributed by atoms with Crippen LogP contribution >= 0.6 is 0 Å². The molecule has 0 aliphatic heterocycles. The Morgan fingerprint density at radius 3 is 0.938 bits per heavy atom. The van der Waals surface area contributed by atoms with E-state index in [4.69, 9.17) is 0 Å². The molecule has 0 fully saturated rings. The van der Waals surface area contributed by atoms with Gasteiger partial charge in [0.1, 0.15) is 6.42 Å². The van der Waals surface area contributed by atoms with E-state index in [0.29, 0.717) is 0 Å². The van der Waals surface area contributed by atoms with Crippen molar-refractivity contribution in [2.45, 2.75) is 211 Å². The third kappa shape index (κ3) is 63.4. The standard InChI is InChI=1S/2C12H24O2.C7H12O4.2C4H9.Sn/c2*1-2-3-4-5-6-7-8-9-10-11-12(13)14;1-3-10-6(8)5-7(9)11-4-2;2*1-3-4-2;/h2*2-11H2,1H3,(H,13,14);3-5H2,1-2H3;2*1,3-4H2,2H3;/q;;;;;+2/p-2. The van der Waals surface area contributed by atoms with E-state index >= 15 is 0 Å². The summed E-state index contributed by atoms with van der Waals surface area (Å²) in [5, 5.41) is 20.2. The van der Waals surface area contributed by atoms with Crippen LogP contribution in [0.5, 0.6) is 0 Å². The molecule has 0 bridgehead atoms. The molecule has 0 unspecified atom stereocenters. The van der Waals surface area contributed by atoms with Gasteiger partial charge in [-0.2, -0.15) is 0 Å². The predicted molar refractivity (Wildman–Crippen MR) is 197 cm³/mol. The molecule has 0 amide bonds. The predicted octanol–water partition coefficient (Wildman–Crippen LogP) is 8.94. The van der Waals surface area contributed by atoms with E-state index < -0.39 is 23.9 Å². The van der Waals surface area contributed by atoms with Crippen LogP contribution in [-0.4, -0.2) is 58.2 Å². The second-order valence-corrected chi connectivity index (χ2v) is 16.4. The van der Waals surface area contributed by atoms with E-state index in [1.165, 1.54) is 116 Å². The first-order chi connectivity index (χ1) is 23.2. The molecule has 0 aliphatic carbocycles.